The van der Waals surface area contributed by atoms with E-state index in [1.165, 1.54) is 6.08 Å². The first-order chi connectivity index (χ1) is 10.6. The maximum atomic E-state index is 11.5. The zero-order valence-electron chi connectivity index (χ0n) is 13.1. The summed E-state index contributed by atoms with van der Waals surface area (Å²) in [5.41, 5.74) is 0.910. The number of nitrogens with one attached hydrogen (secondary N) is 1. The second-order valence-corrected chi connectivity index (χ2v) is 5.31. The number of carbonyl (C=O) groups is 1. The molecule has 1 aliphatic rings. The summed E-state index contributed by atoms with van der Waals surface area (Å²) in [6.07, 6.45) is 6.87. The molecule has 22 heavy (non-hydrogen) atoms. The van der Waals surface area contributed by atoms with Gasteiger partial charge in [0.1, 0.15) is 0 Å². The molecule has 0 atom stereocenters. The summed E-state index contributed by atoms with van der Waals surface area (Å²) in [6, 6.07) is 3.73. The third-order valence-electron chi connectivity index (χ3n) is 3.01. The van der Waals surface area contributed by atoms with Crippen molar-refractivity contribution in [3.63, 3.8) is 0 Å². The predicted molar refractivity (Wildman–Crippen MR) is 85.1 cm³/mol. The Morgan fingerprint density at radius 3 is 2.91 bits per heavy atom. The molecule has 0 radical (unpaired) electrons. The van der Waals surface area contributed by atoms with Crippen molar-refractivity contribution in [2.45, 2.75) is 13.8 Å². The highest BCUT2D eigenvalue weighted by Crippen LogP contribution is 2.42. The number of allylic oxidation sites excluding steroid dienone is 2. The minimum atomic E-state index is -0.0957. The number of benzene rings is 1. The molecule has 0 aromatic heterocycles. The molecule has 1 N–H and O–H groups in total. The molecule has 0 saturated carbocycles. The molecule has 0 bridgehead atoms. The van der Waals surface area contributed by atoms with Gasteiger partial charge in [-0.05, 0) is 23.6 Å². The Morgan fingerprint density at radius 1 is 1.36 bits per heavy atom. The quantitative estimate of drug-likeness (QED) is 0.648. The monoisotopic (exact) mass is 303 g/mol. The van der Waals surface area contributed by atoms with Crippen molar-refractivity contribution in [2.24, 2.45) is 5.92 Å². The smallest absolute Gasteiger partial charge is 0.243 e. The van der Waals surface area contributed by atoms with Crippen LogP contribution in [0.25, 0.3) is 6.08 Å². The lowest BCUT2D eigenvalue weighted by molar-refractivity contribution is -0.116. The third-order valence-corrected chi connectivity index (χ3v) is 3.01. The molecule has 5 nitrogen and oxygen atoms in total. The molecule has 1 aromatic rings. The first-order valence-electron chi connectivity index (χ1n) is 7.20. The number of hydrogen-bond donors (Lipinski definition) is 1. The maximum absolute atomic E-state index is 11.5. The Bertz CT molecular complexity index is 591. The van der Waals surface area contributed by atoms with E-state index < -0.39 is 0 Å². The predicted octanol–water partition coefficient (Wildman–Crippen LogP) is 2.77. The Kier molecular flexibility index (Phi) is 5.47. The van der Waals surface area contributed by atoms with Crippen molar-refractivity contribution in [2.75, 3.05) is 20.4 Å². The summed E-state index contributed by atoms with van der Waals surface area (Å²) in [6.45, 7) is 4.98. The van der Waals surface area contributed by atoms with Crippen LogP contribution >= 0.6 is 0 Å². The van der Waals surface area contributed by atoms with Gasteiger partial charge >= 0.3 is 0 Å². The van der Waals surface area contributed by atoms with E-state index in [1.807, 2.05) is 18.2 Å². The molecule has 0 saturated heterocycles. The van der Waals surface area contributed by atoms with Crippen LogP contribution in [0.15, 0.2) is 30.4 Å². The second kappa shape index (κ2) is 7.54. The molecule has 0 spiro atoms. The number of hydrogen-bond acceptors (Lipinski definition) is 4. The highest BCUT2D eigenvalue weighted by atomic mass is 16.7. The number of amides is 1. The highest BCUT2D eigenvalue weighted by Gasteiger charge is 2.19. The average molecular weight is 303 g/mol. The highest BCUT2D eigenvalue weighted by molar-refractivity contribution is 5.87. The van der Waals surface area contributed by atoms with E-state index in [0.717, 1.165) is 5.56 Å². The summed E-state index contributed by atoms with van der Waals surface area (Å²) >= 11 is 0. The van der Waals surface area contributed by atoms with E-state index in [4.69, 9.17) is 14.2 Å². The summed E-state index contributed by atoms with van der Waals surface area (Å²) in [7, 11) is 1.59. The molecule has 2 rings (SSSR count). The van der Waals surface area contributed by atoms with Crippen molar-refractivity contribution < 1.29 is 19.0 Å². The van der Waals surface area contributed by atoms with Gasteiger partial charge in [-0.15, -0.1) is 0 Å². The molecule has 0 fully saturated rings. The molecule has 1 aliphatic heterocycles. The summed E-state index contributed by atoms with van der Waals surface area (Å²) in [5, 5.41) is 2.82. The van der Waals surface area contributed by atoms with E-state index in [0.29, 0.717) is 29.7 Å². The maximum Gasteiger partial charge on any atom is 0.243 e. The van der Waals surface area contributed by atoms with Gasteiger partial charge < -0.3 is 19.5 Å². The van der Waals surface area contributed by atoms with Gasteiger partial charge in [-0.3, -0.25) is 4.79 Å². The molecule has 0 unspecified atom stereocenters. The number of rotatable bonds is 6. The third kappa shape index (κ3) is 4.28. The summed E-state index contributed by atoms with van der Waals surface area (Å²) in [4.78, 5) is 11.5. The standard InChI is InChI=1S/C17H21NO4/c1-12(2)10-18-16(19)7-5-4-6-13-8-14(20-3)17-15(9-13)21-11-22-17/h4-9,12H,10-11H2,1-3H3,(H,18,19)/b6-4+,7-5+. The SMILES string of the molecule is COc1cc(/C=C/C=C/C(=O)NCC(C)C)cc2c1OCO2. The van der Waals surface area contributed by atoms with Crippen LogP contribution in [0.3, 0.4) is 0 Å². The van der Waals surface area contributed by atoms with Gasteiger partial charge in [0, 0.05) is 12.6 Å². The van der Waals surface area contributed by atoms with Crippen LogP contribution < -0.4 is 19.5 Å². The zero-order valence-corrected chi connectivity index (χ0v) is 13.1. The van der Waals surface area contributed by atoms with Crippen LogP contribution in [-0.2, 0) is 4.79 Å². The van der Waals surface area contributed by atoms with Crippen LogP contribution in [0.4, 0.5) is 0 Å². The molecule has 1 heterocycles. The summed E-state index contributed by atoms with van der Waals surface area (Å²) in [5.74, 6) is 2.27. The van der Waals surface area contributed by atoms with Crippen molar-refractivity contribution in [3.05, 3.63) is 35.9 Å². The van der Waals surface area contributed by atoms with Gasteiger partial charge in [-0.1, -0.05) is 32.1 Å². The number of carbonyl (C=O) groups excluding carboxylic acids is 1. The largest absolute Gasteiger partial charge is 0.493 e. The average Bonchev–Trinajstić information content (AvgIpc) is 2.97. The first kappa shape index (κ1) is 15.9. The van der Waals surface area contributed by atoms with Gasteiger partial charge in [0.2, 0.25) is 18.4 Å². The molecular formula is C17H21NO4. The Hall–Kier alpha value is -2.43. The Morgan fingerprint density at radius 2 is 2.18 bits per heavy atom. The van der Waals surface area contributed by atoms with Crippen LogP contribution in [0.5, 0.6) is 17.2 Å². The minimum Gasteiger partial charge on any atom is -0.493 e. The molecule has 1 amide bonds. The van der Waals surface area contributed by atoms with Gasteiger partial charge in [-0.25, -0.2) is 0 Å². The van der Waals surface area contributed by atoms with Crippen LogP contribution in [-0.4, -0.2) is 26.4 Å². The van der Waals surface area contributed by atoms with E-state index >= 15 is 0 Å². The fourth-order valence-electron chi connectivity index (χ4n) is 1.92. The normalized spacial score (nSPS) is 13.3. The van der Waals surface area contributed by atoms with E-state index in [9.17, 15) is 4.79 Å². The van der Waals surface area contributed by atoms with E-state index in [-0.39, 0.29) is 12.7 Å². The first-order valence-corrected chi connectivity index (χ1v) is 7.20. The number of fused-ring (bicyclic) bond motifs is 1. The van der Waals surface area contributed by atoms with Gasteiger partial charge in [0.25, 0.3) is 0 Å². The fourth-order valence-corrected chi connectivity index (χ4v) is 1.92. The number of ether oxygens (including phenoxy) is 3. The molecular weight excluding hydrogens is 282 g/mol. The van der Waals surface area contributed by atoms with Crippen LogP contribution in [0.2, 0.25) is 0 Å². The lowest BCUT2D eigenvalue weighted by atomic mass is 10.1. The fraction of sp³-hybridized carbons (Fsp3) is 0.353. The van der Waals surface area contributed by atoms with Crippen LogP contribution in [0, 0.1) is 5.92 Å². The number of methoxy groups -OCH3 is 1. The van der Waals surface area contributed by atoms with Crippen molar-refractivity contribution in [3.8, 4) is 17.2 Å². The van der Waals surface area contributed by atoms with Crippen molar-refractivity contribution in [1.29, 1.82) is 0 Å². The Balaban J connectivity index is 1.97. The summed E-state index contributed by atoms with van der Waals surface area (Å²) < 4.78 is 16.0. The minimum absolute atomic E-state index is 0.0957. The van der Waals surface area contributed by atoms with Crippen molar-refractivity contribution >= 4 is 12.0 Å². The van der Waals surface area contributed by atoms with Crippen LogP contribution in [0.1, 0.15) is 19.4 Å². The molecule has 118 valence electrons. The molecule has 0 aliphatic carbocycles. The van der Waals surface area contributed by atoms with Gasteiger partial charge in [0.15, 0.2) is 11.5 Å². The lowest BCUT2D eigenvalue weighted by Gasteiger charge is -2.05. The van der Waals surface area contributed by atoms with Gasteiger partial charge in [0.05, 0.1) is 7.11 Å². The molecule has 1 aromatic carbocycles. The topological polar surface area (TPSA) is 56.8 Å². The second-order valence-electron chi connectivity index (χ2n) is 5.31. The van der Waals surface area contributed by atoms with E-state index in [1.54, 1.807) is 19.3 Å². The van der Waals surface area contributed by atoms with Gasteiger partial charge in [-0.2, -0.15) is 0 Å². The lowest BCUT2D eigenvalue weighted by Crippen LogP contribution is -2.25. The van der Waals surface area contributed by atoms with E-state index in [2.05, 4.69) is 19.2 Å². The molecule has 5 heteroatoms. The van der Waals surface area contributed by atoms with Crippen molar-refractivity contribution in [1.82, 2.24) is 5.32 Å². The zero-order chi connectivity index (χ0) is 15.9. The Labute approximate surface area is 130 Å².